The summed E-state index contributed by atoms with van der Waals surface area (Å²) in [7, 11) is -3.44. The monoisotopic (exact) mass is 450 g/mol. The van der Waals surface area contributed by atoms with Gasteiger partial charge in [0.15, 0.2) is 0 Å². The molecule has 30 heavy (non-hydrogen) atoms. The van der Waals surface area contributed by atoms with Gasteiger partial charge in [0.1, 0.15) is 11.0 Å². The molecule has 0 aliphatic carbocycles. The number of rotatable bonds is 11. The van der Waals surface area contributed by atoms with Crippen LogP contribution >= 0.6 is 11.3 Å². The molecule has 9 heteroatoms. The third kappa shape index (κ3) is 6.09. The quantitative estimate of drug-likeness (QED) is 0.515. The molecule has 0 saturated carbocycles. The highest BCUT2D eigenvalue weighted by Crippen LogP contribution is 2.28. The van der Waals surface area contributed by atoms with Crippen LogP contribution in [0.4, 0.5) is 5.13 Å². The van der Waals surface area contributed by atoms with Crippen molar-refractivity contribution in [1.82, 2.24) is 14.5 Å². The number of carbonyl (C=O) groups is 1. The van der Waals surface area contributed by atoms with Gasteiger partial charge in [0.2, 0.25) is 21.1 Å². The first-order chi connectivity index (χ1) is 14.5. The summed E-state index contributed by atoms with van der Waals surface area (Å²) in [5, 5.41) is 12.0. The van der Waals surface area contributed by atoms with E-state index in [-0.39, 0.29) is 11.7 Å². The molecule has 3 rings (SSSR count). The fourth-order valence-electron chi connectivity index (χ4n) is 3.68. The van der Waals surface area contributed by atoms with Crippen molar-refractivity contribution in [2.24, 2.45) is 0 Å². The standard InChI is InChI=1S/C21H30N4O3S2/c1-2-3-4-5-6-10-16-30(27,28)25-15-11-14-18(25)19(26)22-21-24-23-20(29-21)17-12-8-7-9-13-17/h7-9,12-13,18H,2-6,10-11,14-16H2,1H3,(H,22,24,26)/t18-/m1/s1. The minimum absolute atomic E-state index is 0.111. The van der Waals surface area contributed by atoms with E-state index in [4.69, 9.17) is 0 Å². The first-order valence-electron chi connectivity index (χ1n) is 10.7. The fraction of sp³-hybridized carbons (Fsp3) is 0.571. The number of carbonyl (C=O) groups excluding carboxylic acids is 1. The number of hydrogen-bond acceptors (Lipinski definition) is 6. The summed E-state index contributed by atoms with van der Waals surface area (Å²) in [4.78, 5) is 12.8. The van der Waals surface area contributed by atoms with E-state index in [2.05, 4.69) is 22.4 Å². The summed E-state index contributed by atoms with van der Waals surface area (Å²) in [6, 6.07) is 8.95. The summed E-state index contributed by atoms with van der Waals surface area (Å²) in [5.74, 6) is -0.213. The van der Waals surface area contributed by atoms with Gasteiger partial charge in [-0.3, -0.25) is 10.1 Å². The third-order valence-corrected chi connectivity index (χ3v) is 8.14. The van der Waals surface area contributed by atoms with Gasteiger partial charge in [-0.2, -0.15) is 4.31 Å². The van der Waals surface area contributed by atoms with Crippen LogP contribution in [0.5, 0.6) is 0 Å². The molecule has 0 bridgehead atoms. The van der Waals surface area contributed by atoms with E-state index in [1.54, 1.807) is 0 Å². The lowest BCUT2D eigenvalue weighted by Crippen LogP contribution is -2.44. The predicted molar refractivity (Wildman–Crippen MR) is 121 cm³/mol. The molecule has 2 heterocycles. The van der Waals surface area contributed by atoms with E-state index in [0.29, 0.717) is 35.9 Å². The van der Waals surface area contributed by atoms with Gasteiger partial charge in [0.05, 0.1) is 5.75 Å². The molecule has 164 valence electrons. The number of benzene rings is 1. The average Bonchev–Trinajstić information content (AvgIpc) is 3.41. The van der Waals surface area contributed by atoms with Gasteiger partial charge in [-0.1, -0.05) is 80.7 Å². The van der Waals surface area contributed by atoms with E-state index < -0.39 is 16.1 Å². The van der Waals surface area contributed by atoms with E-state index in [9.17, 15) is 13.2 Å². The zero-order valence-electron chi connectivity index (χ0n) is 17.4. The SMILES string of the molecule is CCCCCCCCS(=O)(=O)N1CCC[C@@H]1C(=O)Nc1nnc(-c2ccccc2)s1. The molecule has 1 aromatic heterocycles. The maximum Gasteiger partial charge on any atom is 0.244 e. The maximum absolute atomic E-state index is 12.8. The summed E-state index contributed by atoms with van der Waals surface area (Å²) in [5.41, 5.74) is 0.930. The second kappa shape index (κ2) is 11.0. The number of hydrogen-bond donors (Lipinski definition) is 1. The molecule has 1 saturated heterocycles. The number of amides is 1. The van der Waals surface area contributed by atoms with Crippen LogP contribution in [0.25, 0.3) is 10.6 Å². The normalized spacial score (nSPS) is 17.3. The van der Waals surface area contributed by atoms with E-state index in [1.807, 2.05) is 30.3 Å². The Morgan fingerprint density at radius 1 is 1.13 bits per heavy atom. The molecule has 0 unspecified atom stereocenters. The maximum atomic E-state index is 12.8. The van der Waals surface area contributed by atoms with Crippen LogP contribution in [0.1, 0.15) is 58.3 Å². The van der Waals surface area contributed by atoms with Crippen LogP contribution in [0, 0.1) is 0 Å². The Bertz CT molecular complexity index is 915. The van der Waals surface area contributed by atoms with Crippen molar-refractivity contribution in [3.63, 3.8) is 0 Å². The van der Waals surface area contributed by atoms with Crippen LogP contribution in [0.2, 0.25) is 0 Å². The zero-order valence-corrected chi connectivity index (χ0v) is 19.1. The van der Waals surface area contributed by atoms with Crippen LogP contribution in [0.3, 0.4) is 0 Å². The van der Waals surface area contributed by atoms with Crippen molar-refractivity contribution in [2.45, 2.75) is 64.3 Å². The molecule has 1 aliphatic heterocycles. The topological polar surface area (TPSA) is 92.3 Å². The average molecular weight is 451 g/mol. The molecular formula is C21H30N4O3S2. The molecule has 1 fully saturated rings. The molecular weight excluding hydrogens is 420 g/mol. The summed E-state index contributed by atoms with van der Waals surface area (Å²) >= 11 is 1.28. The lowest BCUT2D eigenvalue weighted by molar-refractivity contribution is -0.119. The highest BCUT2D eigenvalue weighted by Gasteiger charge is 2.38. The second-order valence-corrected chi connectivity index (χ2v) is 10.6. The molecule has 7 nitrogen and oxygen atoms in total. The van der Waals surface area contributed by atoms with E-state index in [0.717, 1.165) is 24.8 Å². The minimum atomic E-state index is -3.44. The lowest BCUT2D eigenvalue weighted by atomic mass is 10.1. The largest absolute Gasteiger partial charge is 0.299 e. The predicted octanol–water partition coefficient (Wildman–Crippen LogP) is 4.30. The van der Waals surface area contributed by atoms with Gasteiger partial charge in [-0.25, -0.2) is 8.42 Å². The highest BCUT2D eigenvalue weighted by atomic mass is 32.2. The molecule has 1 aromatic carbocycles. The molecule has 0 spiro atoms. The highest BCUT2D eigenvalue weighted by molar-refractivity contribution is 7.89. The van der Waals surface area contributed by atoms with Crippen molar-refractivity contribution in [2.75, 3.05) is 17.6 Å². The Kier molecular flexibility index (Phi) is 8.35. The number of sulfonamides is 1. The Labute approximate surface area is 183 Å². The van der Waals surface area contributed by atoms with Crippen molar-refractivity contribution in [1.29, 1.82) is 0 Å². The van der Waals surface area contributed by atoms with Crippen LogP contribution < -0.4 is 5.32 Å². The number of unbranched alkanes of at least 4 members (excludes halogenated alkanes) is 5. The second-order valence-electron chi connectivity index (χ2n) is 7.62. The van der Waals surface area contributed by atoms with Crippen LogP contribution in [0.15, 0.2) is 30.3 Å². The molecule has 1 amide bonds. The molecule has 1 N–H and O–H groups in total. The fourth-order valence-corrected chi connectivity index (χ4v) is 6.23. The van der Waals surface area contributed by atoms with Gasteiger partial charge in [0, 0.05) is 12.1 Å². The van der Waals surface area contributed by atoms with Crippen molar-refractivity contribution in [3.8, 4) is 10.6 Å². The van der Waals surface area contributed by atoms with Gasteiger partial charge < -0.3 is 0 Å². The van der Waals surface area contributed by atoms with Gasteiger partial charge in [0.25, 0.3) is 0 Å². The smallest absolute Gasteiger partial charge is 0.244 e. The summed E-state index contributed by atoms with van der Waals surface area (Å²) < 4.78 is 27.0. The molecule has 1 aliphatic rings. The third-order valence-electron chi connectivity index (χ3n) is 5.30. The van der Waals surface area contributed by atoms with Gasteiger partial charge in [-0.15, -0.1) is 10.2 Å². The van der Waals surface area contributed by atoms with Crippen molar-refractivity contribution < 1.29 is 13.2 Å². The summed E-state index contributed by atoms with van der Waals surface area (Å²) in [6.07, 6.45) is 7.37. The van der Waals surface area contributed by atoms with Crippen LogP contribution in [-0.2, 0) is 14.8 Å². The Hall–Kier alpha value is -1.84. The Morgan fingerprint density at radius 3 is 2.63 bits per heavy atom. The zero-order chi connectivity index (χ0) is 21.4. The number of nitrogens with one attached hydrogen (secondary N) is 1. The van der Waals surface area contributed by atoms with Crippen molar-refractivity contribution >= 4 is 32.4 Å². The van der Waals surface area contributed by atoms with Gasteiger partial charge in [-0.05, 0) is 19.3 Å². The minimum Gasteiger partial charge on any atom is -0.299 e. The first-order valence-corrected chi connectivity index (χ1v) is 13.1. The summed E-state index contributed by atoms with van der Waals surface area (Å²) in [6.45, 7) is 2.56. The van der Waals surface area contributed by atoms with Crippen molar-refractivity contribution in [3.05, 3.63) is 30.3 Å². The van der Waals surface area contributed by atoms with Crippen LogP contribution in [-0.4, -0.2) is 47.2 Å². The lowest BCUT2D eigenvalue weighted by Gasteiger charge is -2.22. The van der Waals surface area contributed by atoms with E-state index >= 15 is 0 Å². The van der Waals surface area contributed by atoms with Gasteiger partial charge >= 0.3 is 0 Å². The molecule has 1 atom stereocenters. The number of nitrogens with zero attached hydrogens (tertiary/aromatic N) is 3. The van der Waals surface area contributed by atoms with E-state index in [1.165, 1.54) is 28.5 Å². The molecule has 0 radical (unpaired) electrons. The Morgan fingerprint density at radius 2 is 1.87 bits per heavy atom. The Balaban J connectivity index is 1.55. The number of anilines is 1. The number of aromatic nitrogens is 2. The molecule has 2 aromatic rings. The first kappa shape index (κ1) is 22.8.